The molecule has 0 radical (unpaired) electrons. The Hall–Kier alpha value is -2.54. The number of aliphatic hydroxyl groups is 6. The number of hydrogen-bond donors (Lipinski definition) is 6. The number of benzene rings is 2. The molecule has 4 aliphatic rings. The van der Waals surface area contributed by atoms with Crippen LogP contribution in [0.15, 0.2) is 59.7 Å². The summed E-state index contributed by atoms with van der Waals surface area (Å²) >= 11 is -0.880. The Kier molecular flexibility index (Phi) is 10.9. The second-order valence-corrected chi connectivity index (χ2v) is 15.4. The van der Waals surface area contributed by atoms with E-state index < -0.39 is 86.6 Å². The zero-order chi connectivity index (χ0) is 33.2. The van der Waals surface area contributed by atoms with Gasteiger partial charge in [0, 0.05) is 0 Å². The summed E-state index contributed by atoms with van der Waals surface area (Å²) in [5.41, 5.74) is 5.43. The predicted molar refractivity (Wildman–Crippen MR) is 173 cm³/mol. The number of ketones is 2. The van der Waals surface area contributed by atoms with E-state index in [-0.39, 0.29) is 24.4 Å². The molecule has 0 bridgehead atoms. The van der Waals surface area contributed by atoms with Gasteiger partial charge in [-0.05, 0) is 0 Å². The fourth-order valence-electron chi connectivity index (χ4n) is 7.16. The number of Topliss-reactive ketones (excluding diaryl/α,β-unsaturated/α-hetero) is 2. The van der Waals surface area contributed by atoms with Crippen molar-refractivity contribution in [3.8, 4) is 0 Å². The van der Waals surface area contributed by atoms with Gasteiger partial charge >= 0.3 is 281 Å². The molecule has 0 amide bonds. The van der Waals surface area contributed by atoms with Crippen LogP contribution in [0, 0.1) is 11.8 Å². The van der Waals surface area contributed by atoms with Gasteiger partial charge in [-0.1, -0.05) is 0 Å². The van der Waals surface area contributed by atoms with Crippen molar-refractivity contribution in [3.63, 3.8) is 0 Å². The second-order valence-electron chi connectivity index (χ2n) is 12.9. The number of carbonyl (C=O) groups is 2. The van der Waals surface area contributed by atoms with Crippen molar-refractivity contribution >= 4 is 38.7 Å². The molecule has 47 heavy (non-hydrogen) atoms. The van der Waals surface area contributed by atoms with Gasteiger partial charge in [-0.3, -0.25) is 0 Å². The fourth-order valence-corrected chi connectivity index (χ4v) is 10.1. The molecule has 2 aromatic rings. The summed E-state index contributed by atoms with van der Waals surface area (Å²) < 4.78 is 11.8. The van der Waals surface area contributed by atoms with Crippen LogP contribution < -0.4 is 0 Å². The second kappa shape index (κ2) is 14.9. The molecule has 6 rings (SSSR count). The Balaban J connectivity index is 1.16. The van der Waals surface area contributed by atoms with Gasteiger partial charge in [-0.2, -0.15) is 0 Å². The quantitative estimate of drug-likeness (QED) is 0.193. The van der Waals surface area contributed by atoms with Crippen molar-refractivity contribution in [1.82, 2.24) is 0 Å². The monoisotopic (exact) mass is 714 g/mol. The van der Waals surface area contributed by atoms with Gasteiger partial charge in [-0.25, -0.2) is 0 Å². The van der Waals surface area contributed by atoms with Crippen LogP contribution >= 0.6 is 0 Å². The average molecular weight is 714 g/mol. The van der Waals surface area contributed by atoms with Crippen LogP contribution in [0.5, 0.6) is 0 Å². The van der Waals surface area contributed by atoms with Gasteiger partial charge in [0.2, 0.25) is 0 Å². The van der Waals surface area contributed by atoms with Crippen LogP contribution in [0.3, 0.4) is 0 Å². The summed E-state index contributed by atoms with van der Waals surface area (Å²) in [6.07, 6.45) is -1.57. The number of aliphatic hydroxyl groups excluding tert-OH is 6. The molecule has 0 spiro atoms. The number of carbonyl (C=O) groups excluding carboxylic acids is 2. The third-order valence-electron chi connectivity index (χ3n) is 9.98. The first-order valence-electron chi connectivity index (χ1n) is 16.2. The van der Waals surface area contributed by atoms with Crippen molar-refractivity contribution in [3.05, 3.63) is 81.9 Å². The van der Waals surface area contributed by atoms with Crippen LogP contribution in [0.4, 0.5) is 0 Å². The molecule has 6 N–H and O–H groups in total. The Bertz CT molecular complexity index is 1410. The van der Waals surface area contributed by atoms with Crippen LogP contribution in [0.25, 0.3) is 12.2 Å². The van der Waals surface area contributed by atoms with Crippen molar-refractivity contribution < 1.29 is 49.7 Å². The maximum absolute atomic E-state index is 13.4. The molecule has 252 valence electrons. The van der Waals surface area contributed by atoms with E-state index in [0.29, 0.717) is 36.8 Å². The summed E-state index contributed by atoms with van der Waals surface area (Å²) in [6, 6.07) is 15.6. The Morgan fingerprint density at radius 2 is 1.02 bits per heavy atom. The van der Waals surface area contributed by atoms with Crippen LogP contribution in [0.2, 0.25) is 0 Å². The maximum atomic E-state index is 13.4. The van der Waals surface area contributed by atoms with Gasteiger partial charge in [0.05, 0.1) is 0 Å². The summed E-state index contributed by atoms with van der Waals surface area (Å²) in [4.78, 5) is 26.9. The predicted octanol–water partition coefficient (Wildman–Crippen LogP) is 0.779. The van der Waals surface area contributed by atoms with E-state index in [1.807, 2.05) is 60.7 Å². The Labute approximate surface area is 279 Å². The zero-order valence-electron chi connectivity index (χ0n) is 25.9. The third kappa shape index (κ3) is 7.26. The Morgan fingerprint density at radius 3 is 1.43 bits per heavy atom. The molecule has 2 aromatic carbocycles. The van der Waals surface area contributed by atoms with Crippen LogP contribution in [-0.4, -0.2) is 117 Å². The normalized spacial score (nSPS) is 33.7. The molecule has 11 heteroatoms. The van der Waals surface area contributed by atoms with Gasteiger partial charge < -0.3 is 0 Å². The standard InChI is InChI=1S/C36H42O10Se/c37-17-29-31(41)25(15-27(39)23-11-9-19-5-1-3-7-21(19)13-23)33(43)35(45-29)47-36-34(44)26(32(42)30(18-38)46-36)16-28(40)24-12-10-20-6-2-4-8-22(20)14-24/h1-8,13-14,25-26,29-38,41-44H,9-12,15-18H2/t25-,26-,29+,30+,31+,32+,33+,34+,35-,36-/m0/s1. The summed E-state index contributed by atoms with van der Waals surface area (Å²) in [5, 5.41) is 63.0. The molecule has 2 aliphatic heterocycles. The van der Waals surface area contributed by atoms with Gasteiger partial charge in [-0.15, -0.1) is 0 Å². The van der Waals surface area contributed by atoms with Crippen LogP contribution in [-0.2, 0) is 31.9 Å². The van der Waals surface area contributed by atoms with E-state index >= 15 is 0 Å². The number of fused-ring (bicyclic) bond motifs is 2. The molecule has 2 fully saturated rings. The first kappa shape index (κ1) is 34.3. The topological polar surface area (TPSA) is 174 Å². The van der Waals surface area contributed by atoms with E-state index in [1.165, 1.54) is 0 Å². The molecule has 10 nitrogen and oxygen atoms in total. The van der Waals surface area contributed by atoms with Gasteiger partial charge in [0.25, 0.3) is 0 Å². The van der Waals surface area contributed by atoms with E-state index in [9.17, 15) is 40.2 Å². The van der Waals surface area contributed by atoms with E-state index in [2.05, 4.69) is 0 Å². The first-order chi connectivity index (χ1) is 22.7. The Morgan fingerprint density at radius 1 is 0.617 bits per heavy atom. The van der Waals surface area contributed by atoms with Crippen molar-refractivity contribution in [2.75, 3.05) is 13.2 Å². The number of hydrogen-bond acceptors (Lipinski definition) is 10. The average Bonchev–Trinajstić information content (AvgIpc) is 3.10. The summed E-state index contributed by atoms with van der Waals surface area (Å²) in [6.45, 7) is -1.11. The van der Waals surface area contributed by atoms with E-state index in [4.69, 9.17) is 9.47 Å². The summed E-state index contributed by atoms with van der Waals surface area (Å²) in [7, 11) is 0. The SMILES string of the molecule is O=C(C[C@H]1[C@@H](O)[C@@H](CO)O[C@@H]([Se][C@@H]2O[C@H](CO)[C@H](O)[C@H](CC(=O)C3=Cc4ccccc4CC3)[C@H]2O)[C@@H]1O)C1=Cc2ccccc2CC1. The summed E-state index contributed by atoms with van der Waals surface area (Å²) in [5.74, 6) is -2.31. The van der Waals surface area contributed by atoms with Gasteiger partial charge in [0.1, 0.15) is 0 Å². The molecule has 2 saturated heterocycles. The van der Waals surface area contributed by atoms with E-state index in [1.54, 1.807) is 0 Å². The fraction of sp³-hybridized carbons (Fsp3) is 0.500. The molecule has 2 aliphatic carbocycles. The third-order valence-corrected chi connectivity index (χ3v) is 12.7. The van der Waals surface area contributed by atoms with E-state index in [0.717, 1.165) is 22.3 Å². The number of aryl methyl sites for hydroxylation is 2. The van der Waals surface area contributed by atoms with Crippen molar-refractivity contribution in [2.24, 2.45) is 11.8 Å². The number of rotatable bonds is 10. The molecule has 10 atom stereocenters. The minimum atomic E-state index is -1.32. The van der Waals surface area contributed by atoms with Crippen molar-refractivity contribution in [2.45, 2.75) is 85.2 Å². The first-order valence-corrected chi connectivity index (χ1v) is 18.2. The molecule has 0 saturated carbocycles. The van der Waals surface area contributed by atoms with Crippen LogP contribution in [0.1, 0.15) is 47.9 Å². The molecular formula is C36H42O10Se. The number of ether oxygens (including phenoxy) is 2. The molecule has 0 unspecified atom stereocenters. The van der Waals surface area contributed by atoms with Gasteiger partial charge in [0.15, 0.2) is 0 Å². The number of allylic oxidation sites excluding steroid dienone is 2. The molecule has 0 aromatic heterocycles. The zero-order valence-corrected chi connectivity index (χ0v) is 27.6. The minimum absolute atomic E-state index is 0.163. The molecular weight excluding hydrogens is 671 g/mol. The van der Waals surface area contributed by atoms with Crippen molar-refractivity contribution in [1.29, 1.82) is 0 Å². The molecule has 2 heterocycles.